The number of hydrogen-bond donors (Lipinski definition) is 1. The zero-order valence-electron chi connectivity index (χ0n) is 22.1. The average molecular weight is 554 g/mol. The minimum Gasteiger partial charge on any atom is -0.507 e. The maximum Gasteiger partial charge on any atom is 0.300 e. The summed E-state index contributed by atoms with van der Waals surface area (Å²) in [6.07, 6.45) is 0. The summed E-state index contributed by atoms with van der Waals surface area (Å²) in [4.78, 5) is 28.3. The standard InChI is InChI=1S/C33H28ClNO5/c1-3-39-27-11-7-10-23(19-27)30-29(32(37)33(38)35(30)26-15-13-25(34)14-16-26)31(36)24-12-17-28(21(2)18-24)40-20-22-8-5-4-6-9-22/h4-19,30,36H,3,20H2,1-2H3/b31-29+. The summed E-state index contributed by atoms with van der Waals surface area (Å²) in [5.74, 6) is -0.531. The first kappa shape index (κ1) is 27.0. The molecular weight excluding hydrogens is 526 g/mol. The van der Waals surface area contributed by atoms with E-state index in [-0.39, 0.29) is 11.3 Å². The highest BCUT2D eigenvalue weighted by Crippen LogP contribution is 2.43. The van der Waals surface area contributed by atoms with Gasteiger partial charge in [-0.3, -0.25) is 14.5 Å². The molecule has 40 heavy (non-hydrogen) atoms. The Morgan fingerprint density at radius 1 is 0.900 bits per heavy atom. The SMILES string of the molecule is CCOc1cccc(C2/C(=C(\O)c3ccc(OCc4ccccc4)c(C)c3)C(=O)C(=O)N2c2ccc(Cl)cc2)c1. The first-order valence-electron chi connectivity index (χ1n) is 12.9. The van der Waals surface area contributed by atoms with E-state index < -0.39 is 17.7 Å². The Labute approximate surface area is 238 Å². The van der Waals surface area contributed by atoms with E-state index in [2.05, 4.69) is 0 Å². The van der Waals surface area contributed by atoms with E-state index in [1.54, 1.807) is 66.7 Å². The minimum atomic E-state index is -0.879. The first-order chi connectivity index (χ1) is 19.4. The van der Waals surface area contributed by atoms with Crippen LogP contribution in [0.1, 0.15) is 35.2 Å². The molecule has 1 heterocycles. The number of ketones is 1. The van der Waals surface area contributed by atoms with Crippen LogP contribution in [0.2, 0.25) is 5.02 Å². The van der Waals surface area contributed by atoms with Crippen LogP contribution in [0.4, 0.5) is 5.69 Å². The molecule has 0 aromatic heterocycles. The third-order valence-corrected chi connectivity index (χ3v) is 6.97. The average Bonchev–Trinajstić information content (AvgIpc) is 3.23. The summed E-state index contributed by atoms with van der Waals surface area (Å²) in [5, 5.41) is 12.0. The minimum absolute atomic E-state index is 0.00838. The molecule has 1 N–H and O–H groups in total. The number of nitrogens with zero attached hydrogens (tertiary/aromatic N) is 1. The molecule has 0 saturated carbocycles. The van der Waals surface area contributed by atoms with Gasteiger partial charge in [-0.05, 0) is 85.1 Å². The predicted octanol–water partition coefficient (Wildman–Crippen LogP) is 7.25. The van der Waals surface area contributed by atoms with Crippen molar-refractivity contribution in [2.45, 2.75) is 26.5 Å². The van der Waals surface area contributed by atoms with Gasteiger partial charge in [0.15, 0.2) is 0 Å². The van der Waals surface area contributed by atoms with Crippen LogP contribution in [0.25, 0.3) is 5.76 Å². The highest BCUT2D eigenvalue weighted by Gasteiger charge is 2.47. The fourth-order valence-electron chi connectivity index (χ4n) is 4.81. The summed E-state index contributed by atoms with van der Waals surface area (Å²) in [5.41, 5.74) is 3.32. The van der Waals surface area contributed by atoms with E-state index in [0.717, 1.165) is 11.1 Å². The van der Waals surface area contributed by atoms with Gasteiger partial charge < -0.3 is 14.6 Å². The zero-order chi connectivity index (χ0) is 28.2. The van der Waals surface area contributed by atoms with E-state index in [1.165, 1.54) is 4.90 Å². The number of rotatable bonds is 8. The second-order valence-electron chi connectivity index (χ2n) is 9.41. The number of ether oxygens (including phenoxy) is 2. The number of anilines is 1. The molecule has 0 radical (unpaired) electrons. The van der Waals surface area contributed by atoms with E-state index in [4.69, 9.17) is 21.1 Å². The van der Waals surface area contributed by atoms with Crippen molar-refractivity contribution in [2.24, 2.45) is 0 Å². The molecule has 1 aliphatic rings. The molecule has 6 nitrogen and oxygen atoms in total. The van der Waals surface area contributed by atoms with Crippen molar-refractivity contribution in [3.8, 4) is 11.5 Å². The van der Waals surface area contributed by atoms with Crippen molar-refractivity contribution in [2.75, 3.05) is 11.5 Å². The first-order valence-corrected chi connectivity index (χ1v) is 13.3. The number of halogens is 1. The van der Waals surface area contributed by atoms with Gasteiger partial charge in [0.1, 0.15) is 23.9 Å². The van der Waals surface area contributed by atoms with Gasteiger partial charge in [-0.1, -0.05) is 54.1 Å². The number of Topliss-reactive ketones (excluding diaryl/α,β-unsaturated/α-hetero) is 1. The molecule has 1 amide bonds. The number of amides is 1. The highest BCUT2D eigenvalue weighted by molar-refractivity contribution is 6.51. The number of aliphatic hydroxyl groups is 1. The van der Waals surface area contributed by atoms with Crippen LogP contribution in [0.15, 0.2) is 103 Å². The fourth-order valence-corrected chi connectivity index (χ4v) is 4.93. The van der Waals surface area contributed by atoms with E-state index in [9.17, 15) is 14.7 Å². The lowest BCUT2D eigenvalue weighted by Crippen LogP contribution is -2.29. The Hall–Kier alpha value is -4.55. The third kappa shape index (κ3) is 5.44. The molecule has 0 spiro atoms. The van der Waals surface area contributed by atoms with Gasteiger partial charge >= 0.3 is 0 Å². The molecule has 1 saturated heterocycles. The maximum atomic E-state index is 13.5. The molecule has 0 bridgehead atoms. The Balaban J connectivity index is 1.57. The van der Waals surface area contributed by atoms with Crippen molar-refractivity contribution in [1.82, 2.24) is 0 Å². The summed E-state index contributed by atoms with van der Waals surface area (Å²) in [6.45, 7) is 4.60. The number of carbonyl (C=O) groups excluding carboxylic acids is 2. The van der Waals surface area contributed by atoms with Crippen LogP contribution < -0.4 is 14.4 Å². The van der Waals surface area contributed by atoms with Crippen molar-refractivity contribution >= 4 is 34.7 Å². The third-order valence-electron chi connectivity index (χ3n) is 6.72. The summed E-state index contributed by atoms with van der Waals surface area (Å²) in [7, 11) is 0. The Morgan fingerprint density at radius 3 is 2.35 bits per heavy atom. The van der Waals surface area contributed by atoms with Crippen molar-refractivity contribution in [3.63, 3.8) is 0 Å². The monoisotopic (exact) mass is 553 g/mol. The van der Waals surface area contributed by atoms with Crippen molar-refractivity contribution in [3.05, 3.63) is 130 Å². The Bertz CT molecular complexity index is 1580. The molecular formula is C33H28ClNO5. The molecule has 202 valence electrons. The number of benzene rings is 4. The molecule has 1 aliphatic heterocycles. The van der Waals surface area contributed by atoms with Crippen LogP contribution in [0, 0.1) is 6.92 Å². The molecule has 1 atom stereocenters. The van der Waals surface area contributed by atoms with E-state index in [1.807, 2.05) is 44.2 Å². The van der Waals surface area contributed by atoms with E-state index in [0.29, 0.717) is 46.5 Å². The largest absolute Gasteiger partial charge is 0.507 e. The normalized spacial score (nSPS) is 16.3. The predicted molar refractivity (Wildman–Crippen MR) is 156 cm³/mol. The maximum absolute atomic E-state index is 13.5. The fraction of sp³-hybridized carbons (Fsp3) is 0.152. The molecule has 5 rings (SSSR count). The molecule has 1 unspecified atom stereocenters. The molecule has 4 aromatic rings. The molecule has 4 aromatic carbocycles. The van der Waals surface area contributed by atoms with Crippen LogP contribution >= 0.6 is 11.6 Å². The van der Waals surface area contributed by atoms with Gasteiger partial charge in [-0.25, -0.2) is 0 Å². The number of carbonyl (C=O) groups is 2. The number of aryl methyl sites for hydroxylation is 1. The number of aliphatic hydroxyl groups excluding tert-OH is 1. The summed E-state index contributed by atoms with van der Waals surface area (Å²) in [6, 6.07) is 28.0. The summed E-state index contributed by atoms with van der Waals surface area (Å²) >= 11 is 6.09. The smallest absolute Gasteiger partial charge is 0.300 e. The quantitative estimate of drug-likeness (QED) is 0.141. The van der Waals surface area contributed by atoms with Crippen LogP contribution in [0.3, 0.4) is 0 Å². The lowest BCUT2D eigenvalue weighted by atomic mass is 9.94. The van der Waals surface area contributed by atoms with Gasteiger partial charge in [0, 0.05) is 16.3 Å². The Kier molecular flexibility index (Phi) is 7.89. The van der Waals surface area contributed by atoms with E-state index >= 15 is 0 Å². The second-order valence-corrected chi connectivity index (χ2v) is 9.84. The van der Waals surface area contributed by atoms with Crippen molar-refractivity contribution in [1.29, 1.82) is 0 Å². The zero-order valence-corrected chi connectivity index (χ0v) is 22.9. The van der Waals surface area contributed by atoms with Crippen molar-refractivity contribution < 1.29 is 24.2 Å². The van der Waals surface area contributed by atoms with Gasteiger partial charge in [-0.2, -0.15) is 0 Å². The Morgan fingerprint density at radius 2 is 1.65 bits per heavy atom. The van der Waals surface area contributed by atoms with Gasteiger partial charge in [0.2, 0.25) is 0 Å². The van der Waals surface area contributed by atoms with Gasteiger partial charge in [0.05, 0.1) is 18.2 Å². The number of hydrogen-bond acceptors (Lipinski definition) is 5. The lowest BCUT2D eigenvalue weighted by Gasteiger charge is -2.26. The highest BCUT2D eigenvalue weighted by atomic mass is 35.5. The lowest BCUT2D eigenvalue weighted by molar-refractivity contribution is -0.132. The second kappa shape index (κ2) is 11.7. The molecule has 7 heteroatoms. The van der Waals surface area contributed by atoms with Crippen LogP contribution in [-0.2, 0) is 16.2 Å². The van der Waals surface area contributed by atoms with Crippen LogP contribution in [0.5, 0.6) is 11.5 Å². The van der Waals surface area contributed by atoms with Gasteiger partial charge in [-0.15, -0.1) is 0 Å². The topological polar surface area (TPSA) is 76.1 Å². The van der Waals surface area contributed by atoms with Gasteiger partial charge in [0.25, 0.3) is 11.7 Å². The summed E-state index contributed by atoms with van der Waals surface area (Å²) < 4.78 is 11.7. The van der Waals surface area contributed by atoms with Crippen LogP contribution in [-0.4, -0.2) is 23.4 Å². The molecule has 1 fully saturated rings. The molecule has 0 aliphatic carbocycles.